The Morgan fingerprint density at radius 1 is 1.57 bits per heavy atom. The predicted molar refractivity (Wildman–Crippen MR) is 56.2 cm³/mol. The molecule has 0 aliphatic rings. The smallest absolute Gasteiger partial charge is 0.164 e. The van der Waals surface area contributed by atoms with Gasteiger partial charge in [0.1, 0.15) is 6.33 Å². The van der Waals surface area contributed by atoms with E-state index in [1.54, 1.807) is 17.7 Å². The van der Waals surface area contributed by atoms with Crippen molar-refractivity contribution in [2.75, 3.05) is 7.05 Å². The lowest BCUT2D eigenvalue weighted by Crippen LogP contribution is -2.07. The Hall–Kier alpha value is -1.20. The predicted octanol–water partition coefficient (Wildman–Crippen LogP) is 1.11. The number of hydrogen-bond donors (Lipinski definition) is 1. The maximum absolute atomic E-state index is 4.32. The largest absolute Gasteiger partial charge is 0.313 e. The molecule has 0 fully saturated rings. The van der Waals surface area contributed by atoms with E-state index in [1.807, 2.05) is 17.8 Å². The van der Waals surface area contributed by atoms with Gasteiger partial charge in [-0.05, 0) is 18.5 Å². The first kappa shape index (κ1) is 9.36. The zero-order valence-electron chi connectivity index (χ0n) is 7.97. The topological polar surface area (TPSA) is 42.7 Å². The molecule has 0 bridgehead atoms. The second-order valence-corrected chi connectivity index (χ2v) is 4.00. The fraction of sp³-hybridized carbons (Fsp3) is 0.333. The third-order valence-corrected chi connectivity index (χ3v) is 2.68. The van der Waals surface area contributed by atoms with E-state index >= 15 is 0 Å². The van der Waals surface area contributed by atoms with Crippen molar-refractivity contribution in [1.82, 2.24) is 20.1 Å². The Bertz CT molecular complexity index is 379. The second kappa shape index (κ2) is 4.34. The maximum Gasteiger partial charge on any atom is 0.164 e. The van der Waals surface area contributed by atoms with Crippen molar-refractivity contribution >= 4 is 11.3 Å². The Morgan fingerprint density at radius 2 is 2.50 bits per heavy atom. The average molecular weight is 208 g/mol. The van der Waals surface area contributed by atoms with E-state index in [4.69, 9.17) is 0 Å². The molecule has 0 atom stereocenters. The molecule has 2 rings (SSSR count). The van der Waals surface area contributed by atoms with E-state index in [0.29, 0.717) is 0 Å². The summed E-state index contributed by atoms with van der Waals surface area (Å²) in [5, 5.41) is 9.42. The summed E-state index contributed by atoms with van der Waals surface area (Å²) < 4.78 is 1.86. The highest BCUT2D eigenvalue weighted by Crippen LogP contribution is 2.09. The van der Waals surface area contributed by atoms with E-state index in [9.17, 15) is 0 Å². The lowest BCUT2D eigenvalue weighted by Gasteiger charge is -1.95. The summed E-state index contributed by atoms with van der Waals surface area (Å²) in [7, 11) is 1.89. The Kier molecular flexibility index (Phi) is 2.90. The van der Waals surface area contributed by atoms with Crippen molar-refractivity contribution < 1.29 is 0 Å². The van der Waals surface area contributed by atoms with Crippen molar-refractivity contribution in [2.45, 2.75) is 13.1 Å². The van der Waals surface area contributed by atoms with Gasteiger partial charge in [0, 0.05) is 4.88 Å². The number of hydrogen-bond acceptors (Lipinski definition) is 4. The molecule has 0 amide bonds. The summed E-state index contributed by atoms with van der Waals surface area (Å²) in [4.78, 5) is 5.48. The van der Waals surface area contributed by atoms with Crippen LogP contribution in [0.2, 0.25) is 0 Å². The summed E-state index contributed by atoms with van der Waals surface area (Å²) in [6.45, 7) is 1.53. The summed E-state index contributed by atoms with van der Waals surface area (Å²) in [6.07, 6.45) is 1.77. The van der Waals surface area contributed by atoms with Crippen LogP contribution < -0.4 is 5.32 Å². The minimum Gasteiger partial charge on any atom is -0.313 e. The van der Waals surface area contributed by atoms with E-state index in [1.165, 1.54) is 4.88 Å². The molecule has 0 spiro atoms. The Morgan fingerprint density at radius 3 is 3.21 bits per heavy atom. The van der Waals surface area contributed by atoms with Crippen LogP contribution in [0.5, 0.6) is 0 Å². The van der Waals surface area contributed by atoms with Crippen LogP contribution in [0.4, 0.5) is 0 Å². The first-order valence-electron chi connectivity index (χ1n) is 4.44. The van der Waals surface area contributed by atoms with Crippen molar-refractivity contribution in [3.8, 4) is 0 Å². The van der Waals surface area contributed by atoms with Crippen molar-refractivity contribution in [1.29, 1.82) is 0 Å². The average Bonchev–Trinajstić information content (AvgIpc) is 2.79. The Labute approximate surface area is 86.6 Å². The van der Waals surface area contributed by atoms with Crippen molar-refractivity contribution in [2.24, 2.45) is 0 Å². The summed E-state index contributed by atoms with van der Waals surface area (Å²) in [5.74, 6) is 0.837. The van der Waals surface area contributed by atoms with Crippen LogP contribution >= 0.6 is 11.3 Å². The van der Waals surface area contributed by atoms with Crippen LogP contribution in [-0.4, -0.2) is 21.8 Å². The first-order valence-corrected chi connectivity index (χ1v) is 5.32. The highest BCUT2D eigenvalue weighted by Gasteiger charge is 2.00. The molecule has 74 valence electrons. The summed E-state index contributed by atoms with van der Waals surface area (Å²) >= 11 is 1.74. The van der Waals surface area contributed by atoms with Crippen molar-refractivity contribution in [3.63, 3.8) is 0 Å². The fourth-order valence-corrected chi connectivity index (χ4v) is 1.91. The number of nitrogens with one attached hydrogen (secondary N) is 1. The first-order chi connectivity index (χ1) is 6.88. The molecule has 2 aromatic heterocycles. The highest BCUT2D eigenvalue weighted by atomic mass is 32.1. The molecule has 0 unspecified atom stereocenters. The van der Waals surface area contributed by atoms with Gasteiger partial charge in [-0.2, -0.15) is 5.10 Å². The molecule has 1 N–H and O–H groups in total. The minimum absolute atomic E-state index is 0.720. The molecule has 14 heavy (non-hydrogen) atoms. The lowest BCUT2D eigenvalue weighted by molar-refractivity contribution is 0.664. The van der Waals surface area contributed by atoms with Gasteiger partial charge < -0.3 is 5.32 Å². The number of nitrogens with zero attached hydrogens (tertiary/aromatic N) is 3. The van der Waals surface area contributed by atoms with Gasteiger partial charge in [0.05, 0.1) is 13.1 Å². The van der Waals surface area contributed by atoms with E-state index < -0.39 is 0 Å². The van der Waals surface area contributed by atoms with Gasteiger partial charge in [-0.15, -0.1) is 11.3 Å². The molecule has 0 aliphatic heterocycles. The van der Waals surface area contributed by atoms with Gasteiger partial charge in [0.2, 0.25) is 0 Å². The molecule has 5 heteroatoms. The molecule has 0 aromatic carbocycles. The normalized spacial score (nSPS) is 10.6. The number of thiophene rings is 1. The molecular weight excluding hydrogens is 196 g/mol. The van der Waals surface area contributed by atoms with Gasteiger partial charge >= 0.3 is 0 Å². The van der Waals surface area contributed by atoms with E-state index in [2.05, 4.69) is 26.8 Å². The van der Waals surface area contributed by atoms with Gasteiger partial charge in [0.15, 0.2) is 5.82 Å². The fourth-order valence-electron chi connectivity index (χ4n) is 1.21. The third kappa shape index (κ3) is 2.18. The lowest BCUT2D eigenvalue weighted by atomic mass is 10.5. The van der Waals surface area contributed by atoms with Crippen LogP contribution in [-0.2, 0) is 13.1 Å². The van der Waals surface area contributed by atoms with Gasteiger partial charge in [-0.25, -0.2) is 9.67 Å². The minimum atomic E-state index is 0.720. The zero-order chi connectivity index (χ0) is 9.80. The standard InChI is InChI=1S/C9H12N4S/c1-10-5-9-11-7-13(12-9)6-8-3-2-4-14-8/h2-4,7,10H,5-6H2,1H3. The summed E-state index contributed by atoms with van der Waals surface area (Å²) in [6, 6.07) is 4.15. The molecular formula is C9H12N4S. The molecule has 0 aliphatic carbocycles. The third-order valence-electron chi connectivity index (χ3n) is 1.82. The van der Waals surface area contributed by atoms with Gasteiger partial charge in [-0.1, -0.05) is 6.07 Å². The van der Waals surface area contributed by atoms with Crippen LogP contribution in [0.1, 0.15) is 10.7 Å². The molecule has 0 radical (unpaired) electrons. The zero-order valence-corrected chi connectivity index (χ0v) is 8.79. The summed E-state index contributed by atoms with van der Waals surface area (Å²) in [5.41, 5.74) is 0. The van der Waals surface area contributed by atoms with Crippen molar-refractivity contribution in [3.05, 3.63) is 34.5 Å². The van der Waals surface area contributed by atoms with Crippen LogP contribution in [0.15, 0.2) is 23.8 Å². The van der Waals surface area contributed by atoms with E-state index in [-0.39, 0.29) is 0 Å². The quantitative estimate of drug-likeness (QED) is 0.818. The molecule has 2 heterocycles. The number of rotatable bonds is 4. The van der Waals surface area contributed by atoms with Gasteiger partial charge in [-0.3, -0.25) is 0 Å². The van der Waals surface area contributed by atoms with Crippen LogP contribution in [0.25, 0.3) is 0 Å². The molecule has 4 nitrogen and oxygen atoms in total. The van der Waals surface area contributed by atoms with E-state index in [0.717, 1.165) is 18.9 Å². The number of aromatic nitrogens is 3. The highest BCUT2D eigenvalue weighted by molar-refractivity contribution is 7.09. The molecule has 0 saturated carbocycles. The monoisotopic (exact) mass is 208 g/mol. The molecule has 2 aromatic rings. The van der Waals surface area contributed by atoms with Crippen LogP contribution in [0, 0.1) is 0 Å². The van der Waals surface area contributed by atoms with Crippen LogP contribution in [0.3, 0.4) is 0 Å². The second-order valence-electron chi connectivity index (χ2n) is 2.97. The maximum atomic E-state index is 4.32. The SMILES string of the molecule is CNCc1ncn(Cc2cccs2)n1. The van der Waals surface area contributed by atoms with Gasteiger partial charge in [0.25, 0.3) is 0 Å². The Balaban J connectivity index is 2.03. The molecule has 0 saturated heterocycles.